The summed E-state index contributed by atoms with van der Waals surface area (Å²) in [6, 6.07) is 8.17. The van der Waals surface area contributed by atoms with E-state index in [1.807, 2.05) is 53.4 Å². The van der Waals surface area contributed by atoms with E-state index >= 15 is 0 Å². The minimum absolute atomic E-state index is 0.135. The summed E-state index contributed by atoms with van der Waals surface area (Å²) in [5, 5.41) is 0. The van der Waals surface area contributed by atoms with Crippen molar-refractivity contribution in [1.29, 1.82) is 0 Å². The first-order valence-electron chi connectivity index (χ1n) is 9.41. The van der Waals surface area contributed by atoms with Gasteiger partial charge in [0.25, 0.3) is 0 Å². The first-order valence-corrected chi connectivity index (χ1v) is 11.0. The fraction of sp³-hybridized carbons (Fsp3) is 0.368. The van der Waals surface area contributed by atoms with E-state index in [0.29, 0.717) is 0 Å². The third kappa shape index (κ3) is 9.17. The summed E-state index contributed by atoms with van der Waals surface area (Å²) in [6.45, 7) is 13.7. The topological polar surface area (TPSA) is 79.7 Å². The molecule has 0 bridgehead atoms. The fourth-order valence-electron chi connectivity index (χ4n) is 2.81. The summed E-state index contributed by atoms with van der Waals surface area (Å²) in [4.78, 5) is 0. The molecule has 2 aromatic rings. The van der Waals surface area contributed by atoms with Crippen LogP contribution in [0.2, 0.25) is 20.5 Å². The number of halogens is 2. The molecule has 29 heavy (non-hydrogen) atoms. The second-order valence-electron chi connectivity index (χ2n) is 7.07. The molecular formula is C19H29B3Br2N2O3. The van der Waals surface area contributed by atoms with E-state index in [2.05, 4.69) is 50.9 Å². The van der Waals surface area contributed by atoms with Crippen LogP contribution in [0.25, 0.3) is 0 Å². The smallest absolute Gasteiger partial charge is 0.426 e. The average molecular weight is 526 g/mol. The molecule has 1 aliphatic rings. The van der Waals surface area contributed by atoms with Gasteiger partial charge in [-0.15, -0.1) is 0 Å². The highest BCUT2D eigenvalue weighted by Crippen LogP contribution is 2.28. The zero-order chi connectivity index (χ0) is 22.3. The number of aryl methyl sites for hydroxylation is 4. The molecule has 10 heteroatoms. The molecule has 4 N–H and O–H groups in total. The lowest BCUT2D eigenvalue weighted by Crippen LogP contribution is -2.44. The quantitative estimate of drug-likeness (QED) is 0.341. The Morgan fingerprint density at radius 1 is 0.621 bits per heavy atom. The number of rotatable bonds is 0. The summed E-state index contributed by atoms with van der Waals surface area (Å²) in [7, 11) is -0.406. The molecule has 5 nitrogen and oxygen atoms in total. The molecule has 0 aromatic heterocycles. The largest absolute Gasteiger partial charge is 0.453 e. The highest BCUT2D eigenvalue weighted by molar-refractivity contribution is 9.11. The third-order valence-electron chi connectivity index (χ3n) is 4.11. The molecule has 2 aromatic carbocycles. The second-order valence-corrected chi connectivity index (χ2v) is 8.77. The molecule has 0 aliphatic carbocycles. The van der Waals surface area contributed by atoms with E-state index in [1.165, 1.54) is 22.3 Å². The van der Waals surface area contributed by atoms with Crippen molar-refractivity contribution in [1.82, 2.24) is 0 Å². The molecule has 0 amide bonds. The lowest BCUT2D eigenvalue weighted by Gasteiger charge is -2.25. The first-order chi connectivity index (χ1) is 13.4. The van der Waals surface area contributed by atoms with Crippen molar-refractivity contribution in [3.8, 4) is 0 Å². The van der Waals surface area contributed by atoms with Gasteiger partial charge in [0.2, 0.25) is 0 Å². The minimum Gasteiger partial charge on any atom is -0.453 e. The van der Waals surface area contributed by atoms with Crippen LogP contribution in [0.3, 0.4) is 0 Å². The van der Waals surface area contributed by atoms with Gasteiger partial charge in [-0.05, 0) is 109 Å². The van der Waals surface area contributed by atoms with Crippen molar-refractivity contribution in [2.75, 3.05) is 11.5 Å². The number of anilines is 2. The lowest BCUT2D eigenvalue weighted by atomic mass is 9.74. The van der Waals surface area contributed by atoms with E-state index in [1.54, 1.807) is 0 Å². The Kier molecular flexibility index (Phi) is 10.9. The Morgan fingerprint density at radius 2 is 0.931 bits per heavy atom. The van der Waals surface area contributed by atoms with E-state index in [-0.39, 0.29) is 21.4 Å². The maximum atomic E-state index is 5.75. The van der Waals surface area contributed by atoms with Gasteiger partial charge in [-0.25, -0.2) is 0 Å². The van der Waals surface area contributed by atoms with Crippen LogP contribution >= 0.6 is 31.9 Å². The van der Waals surface area contributed by atoms with E-state index in [4.69, 9.17) is 25.2 Å². The standard InChI is InChI=1S/C9H13N.C7H7Br2N.C3H9B3O3/c1-6-4-7(2)9(10)8(3)5-6;1-4-2-5(8)7(10)6(9)3-4;1-4-7-5(2)9-6(3)8-4/h4-5H,10H2,1-3H3;2-3H,10H2,1H3;1-3H3. The molecule has 156 valence electrons. The predicted octanol–water partition coefficient (Wildman–Crippen LogP) is 5.70. The first kappa shape index (κ1) is 26.1. The van der Waals surface area contributed by atoms with Gasteiger partial charge >= 0.3 is 21.4 Å². The van der Waals surface area contributed by atoms with Gasteiger partial charge in [0.1, 0.15) is 0 Å². The molecule has 1 fully saturated rings. The Morgan fingerprint density at radius 3 is 1.28 bits per heavy atom. The van der Waals surface area contributed by atoms with Gasteiger partial charge in [0.05, 0.1) is 5.69 Å². The van der Waals surface area contributed by atoms with E-state index < -0.39 is 0 Å². The number of hydrogen-bond donors (Lipinski definition) is 2. The lowest BCUT2D eigenvalue weighted by molar-refractivity contribution is 0.294. The SMILES string of the molecule is CB1OB(C)OB(C)O1.Cc1cc(Br)c(N)c(Br)c1.Cc1cc(C)c(N)c(C)c1. The predicted molar refractivity (Wildman–Crippen MR) is 134 cm³/mol. The maximum absolute atomic E-state index is 5.75. The molecular weight excluding hydrogens is 496 g/mol. The molecule has 1 saturated heterocycles. The highest BCUT2D eigenvalue weighted by Gasteiger charge is 2.31. The van der Waals surface area contributed by atoms with Gasteiger partial charge in [0.15, 0.2) is 0 Å². The number of nitrogen functional groups attached to an aromatic ring is 2. The van der Waals surface area contributed by atoms with Gasteiger partial charge in [-0.2, -0.15) is 0 Å². The molecule has 0 saturated carbocycles. The van der Waals surface area contributed by atoms with Crippen LogP contribution in [0.15, 0.2) is 33.2 Å². The van der Waals surface area contributed by atoms with Crippen LogP contribution in [0.5, 0.6) is 0 Å². The number of nitrogens with two attached hydrogens (primary N) is 2. The molecule has 0 unspecified atom stereocenters. The van der Waals surface area contributed by atoms with E-state index in [0.717, 1.165) is 20.3 Å². The van der Waals surface area contributed by atoms with Crippen LogP contribution in [0.4, 0.5) is 11.4 Å². The fourth-order valence-corrected chi connectivity index (χ4v) is 4.22. The van der Waals surface area contributed by atoms with Crippen LogP contribution in [-0.4, -0.2) is 21.4 Å². The molecule has 3 rings (SSSR count). The monoisotopic (exact) mass is 524 g/mol. The Bertz CT molecular complexity index is 701. The summed E-state index contributed by atoms with van der Waals surface area (Å²) in [5.41, 5.74) is 17.9. The normalized spacial score (nSPS) is 13.3. The summed E-state index contributed by atoms with van der Waals surface area (Å²) < 4.78 is 17.2. The van der Waals surface area contributed by atoms with Crippen LogP contribution in [0.1, 0.15) is 22.3 Å². The highest BCUT2D eigenvalue weighted by atomic mass is 79.9. The molecule has 1 heterocycles. The number of hydrogen-bond acceptors (Lipinski definition) is 5. The minimum atomic E-state index is -0.135. The van der Waals surface area contributed by atoms with Crippen molar-refractivity contribution in [2.24, 2.45) is 0 Å². The van der Waals surface area contributed by atoms with Gasteiger partial charge in [0, 0.05) is 14.6 Å². The van der Waals surface area contributed by atoms with Gasteiger partial charge in [-0.3, -0.25) is 0 Å². The summed E-state index contributed by atoms with van der Waals surface area (Å²) in [6.07, 6.45) is 0. The summed E-state index contributed by atoms with van der Waals surface area (Å²) in [5.74, 6) is 0. The molecule has 0 radical (unpaired) electrons. The van der Waals surface area contributed by atoms with Crippen molar-refractivity contribution < 1.29 is 13.7 Å². The van der Waals surface area contributed by atoms with Gasteiger partial charge < -0.3 is 25.2 Å². The van der Waals surface area contributed by atoms with Gasteiger partial charge in [-0.1, -0.05) is 17.7 Å². The third-order valence-corrected chi connectivity index (χ3v) is 5.42. The van der Waals surface area contributed by atoms with Crippen LogP contribution in [0, 0.1) is 27.7 Å². The maximum Gasteiger partial charge on any atom is 0.426 e. The second kappa shape index (κ2) is 12.1. The Balaban J connectivity index is 0.000000218. The molecule has 1 aliphatic heterocycles. The van der Waals surface area contributed by atoms with Crippen molar-refractivity contribution in [2.45, 2.75) is 48.2 Å². The van der Waals surface area contributed by atoms with Crippen molar-refractivity contribution in [3.63, 3.8) is 0 Å². The zero-order valence-electron chi connectivity index (χ0n) is 18.2. The average Bonchev–Trinajstić information content (AvgIpc) is 2.57. The molecule has 0 spiro atoms. The zero-order valence-corrected chi connectivity index (χ0v) is 21.3. The van der Waals surface area contributed by atoms with E-state index in [9.17, 15) is 0 Å². The number of benzene rings is 2. The Hall–Kier alpha value is -0.925. The Labute approximate surface area is 192 Å². The van der Waals surface area contributed by atoms with Crippen LogP contribution < -0.4 is 11.5 Å². The molecule has 0 atom stereocenters. The summed E-state index contributed by atoms with van der Waals surface area (Å²) >= 11 is 6.68. The van der Waals surface area contributed by atoms with Crippen LogP contribution in [-0.2, 0) is 13.7 Å². The van der Waals surface area contributed by atoms with Crippen molar-refractivity contribution >= 4 is 64.6 Å². The van der Waals surface area contributed by atoms with Crippen molar-refractivity contribution in [3.05, 3.63) is 55.5 Å².